The van der Waals surface area contributed by atoms with E-state index in [0.717, 1.165) is 82.8 Å². The van der Waals surface area contributed by atoms with E-state index in [2.05, 4.69) is 18.2 Å². The standard InChI is InChI=1S/C25H40O5/c1-20(2)30-23-18-17-21(13-9-5-3-7-11-15-24(26)27)22(19-23)14-10-6-4-8-12-16-25(28)29/h17-20H,3-16H2,1-2H3,(H,26,27)(H,28,29). The highest BCUT2D eigenvalue weighted by Crippen LogP contribution is 2.23. The van der Waals surface area contributed by atoms with Crippen molar-refractivity contribution in [3.63, 3.8) is 0 Å². The summed E-state index contributed by atoms with van der Waals surface area (Å²) in [5.74, 6) is -0.479. The van der Waals surface area contributed by atoms with Crippen LogP contribution in [0.2, 0.25) is 0 Å². The SMILES string of the molecule is CC(C)Oc1ccc(CCCCCCCC(=O)O)c(CCCCCCCC(=O)O)c1. The number of carboxylic acids is 2. The predicted octanol–water partition coefficient (Wildman–Crippen LogP) is 6.41. The third-order valence-corrected chi connectivity index (χ3v) is 5.22. The smallest absolute Gasteiger partial charge is 0.303 e. The van der Waals surface area contributed by atoms with Crippen LogP contribution in [0, 0.1) is 0 Å². The highest BCUT2D eigenvalue weighted by molar-refractivity contribution is 5.66. The molecule has 30 heavy (non-hydrogen) atoms. The van der Waals surface area contributed by atoms with Crippen LogP contribution >= 0.6 is 0 Å². The van der Waals surface area contributed by atoms with Gasteiger partial charge in [-0.3, -0.25) is 9.59 Å². The van der Waals surface area contributed by atoms with Crippen LogP contribution in [0.1, 0.15) is 102 Å². The van der Waals surface area contributed by atoms with Crippen LogP contribution < -0.4 is 4.74 Å². The molecule has 5 nitrogen and oxygen atoms in total. The molecule has 0 atom stereocenters. The largest absolute Gasteiger partial charge is 0.491 e. The molecule has 5 heteroatoms. The molecule has 0 saturated carbocycles. The molecule has 0 heterocycles. The number of rotatable bonds is 18. The first-order valence-electron chi connectivity index (χ1n) is 11.6. The van der Waals surface area contributed by atoms with Gasteiger partial charge in [0.2, 0.25) is 0 Å². The monoisotopic (exact) mass is 420 g/mol. The van der Waals surface area contributed by atoms with Gasteiger partial charge in [0, 0.05) is 12.8 Å². The molecule has 0 radical (unpaired) electrons. The molecule has 0 aliphatic heterocycles. The number of benzene rings is 1. The highest BCUT2D eigenvalue weighted by atomic mass is 16.5. The normalized spacial score (nSPS) is 11.0. The third-order valence-electron chi connectivity index (χ3n) is 5.22. The number of hydrogen-bond donors (Lipinski definition) is 2. The summed E-state index contributed by atoms with van der Waals surface area (Å²) >= 11 is 0. The van der Waals surface area contributed by atoms with E-state index in [4.69, 9.17) is 14.9 Å². The minimum atomic E-state index is -0.705. The van der Waals surface area contributed by atoms with Crippen molar-refractivity contribution in [2.75, 3.05) is 0 Å². The molecule has 0 amide bonds. The average Bonchev–Trinajstić information content (AvgIpc) is 2.66. The Morgan fingerprint density at radius 2 is 1.20 bits per heavy atom. The third kappa shape index (κ3) is 13.2. The fourth-order valence-corrected chi connectivity index (χ4v) is 3.67. The molecule has 1 aromatic rings. The van der Waals surface area contributed by atoms with E-state index in [1.807, 2.05) is 13.8 Å². The maximum Gasteiger partial charge on any atom is 0.303 e. The van der Waals surface area contributed by atoms with Crippen molar-refractivity contribution in [3.05, 3.63) is 29.3 Å². The summed E-state index contributed by atoms with van der Waals surface area (Å²) in [6, 6.07) is 6.45. The number of carbonyl (C=O) groups is 2. The van der Waals surface area contributed by atoms with Crippen molar-refractivity contribution < 1.29 is 24.5 Å². The molecule has 0 aromatic heterocycles. The molecule has 1 rings (SSSR count). The number of ether oxygens (including phenoxy) is 1. The molecule has 0 unspecified atom stereocenters. The Kier molecular flexibility index (Phi) is 13.7. The Morgan fingerprint density at radius 3 is 1.70 bits per heavy atom. The van der Waals surface area contributed by atoms with Crippen LogP contribution in [0.3, 0.4) is 0 Å². The summed E-state index contributed by atoms with van der Waals surface area (Å²) in [4.78, 5) is 21.1. The van der Waals surface area contributed by atoms with Crippen LogP contribution in [-0.4, -0.2) is 28.3 Å². The molecule has 1 aromatic carbocycles. The molecular weight excluding hydrogens is 380 g/mol. The summed E-state index contributed by atoms with van der Waals surface area (Å²) in [5.41, 5.74) is 2.76. The summed E-state index contributed by atoms with van der Waals surface area (Å²) in [7, 11) is 0. The lowest BCUT2D eigenvalue weighted by molar-refractivity contribution is -0.138. The van der Waals surface area contributed by atoms with Crippen LogP contribution in [0.25, 0.3) is 0 Å². The van der Waals surface area contributed by atoms with E-state index in [1.54, 1.807) is 0 Å². The van der Waals surface area contributed by atoms with Crippen molar-refractivity contribution in [3.8, 4) is 5.75 Å². The van der Waals surface area contributed by atoms with Gasteiger partial charge >= 0.3 is 11.9 Å². The Morgan fingerprint density at radius 1 is 0.733 bits per heavy atom. The number of hydrogen-bond acceptors (Lipinski definition) is 3. The van der Waals surface area contributed by atoms with E-state index >= 15 is 0 Å². The lowest BCUT2D eigenvalue weighted by Crippen LogP contribution is -2.06. The second-order valence-corrected chi connectivity index (χ2v) is 8.42. The molecule has 2 N–H and O–H groups in total. The van der Waals surface area contributed by atoms with Crippen LogP contribution in [0.15, 0.2) is 18.2 Å². The summed E-state index contributed by atoms with van der Waals surface area (Å²) < 4.78 is 5.88. The molecule has 0 bridgehead atoms. The van der Waals surface area contributed by atoms with Gasteiger partial charge in [-0.15, -0.1) is 0 Å². The lowest BCUT2D eigenvalue weighted by atomic mass is 9.96. The van der Waals surface area contributed by atoms with Crippen LogP contribution in [-0.2, 0) is 22.4 Å². The quantitative estimate of drug-likeness (QED) is 0.268. The number of aliphatic carboxylic acids is 2. The van der Waals surface area contributed by atoms with E-state index in [-0.39, 0.29) is 18.9 Å². The molecular formula is C25H40O5. The lowest BCUT2D eigenvalue weighted by Gasteiger charge is -2.15. The van der Waals surface area contributed by atoms with E-state index in [0.29, 0.717) is 0 Å². The second-order valence-electron chi connectivity index (χ2n) is 8.42. The van der Waals surface area contributed by atoms with Gasteiger partial charge in [0.05, 0.1) is 6.10 Å². The zero-order valence-corrected chi connectivity index (χ0v) is 18.8. The first-order valence-corrected chi connectivity index (χ1v) is 11.6. The zero-order valence-electron chi connectivity index (χ0n) is 18.8. The molecule has 0 aliphatic rings. The van der Waals surface area contributed by atoms with Gasteiger partial charge in [-0.1, -0.05) is 44.6 Å². The fraction of sp³-hybridized carbons (Fsp3) is 0.680. The molecule has 0 aliphatic carbocycles. The van der Waals surface area contributed by atoms with E-state index < -0.39 is 11.9 Å². The van der Waals surface area contributed by atoms with Gasteiger partial charge in [0.15, 0.2) is 0 Å². The van der Waals surface area contributed by atoms with Gasteiger partial charge in [0.25, 0.3) is 0 Å². The number of unbranched alkanes of at least 4 members (excludes halogenated alkanes) is 8. The van der Waals surface area contributed by atoms with Crippen molar-refractivity contribution in [1.82, 2.24) is 0 Å². The predicted molar refractivity (Wildman–Crippen MR) is 120 cm³/mol. The molecule has 0 fully saturated rings. The van der Waals surface area contributed by atoms with Crippen molar-refractivity contribution in [2.24, 2.45) is 0 Å². The minimum Gasteiger partial charge on any atom is -0.491 e. The molecule has 0 saturated heterocycles. The first kappa shape index (κ1) is 26.0. The Bertz CT molecular complexity index is 624. The first-order chi connectivity index (χ1) is 14.4. The van der Waals surface area contributed by atoms with E-state index in [9.17, 15) is 9.59 Å². The van der Waals surface area contributed by atoms with E-state index in [1.165, 1.54) is 11.1 Å². The van der Waals surface area contributed by atoms with Crippen LogP contribution in [0.5, 0.6) is 5.75 Å². The topological polar surface area (TPSA) is 83.8 Å². The van der Waals surface area contributed by atoms with Gasteiger partial charge in [-0.25, -0.2) is 0 Å². The number of carboxylic acid groups (broad SMARTS) is 2. The fourth-order valence-electron chi connectivity index (χ4n) is 3.67. The van der Waals surface area contributed by atoms with Crippen molar-refractivity contribution in [1.29, 1.82) is 0 Å². The second kappa shape index (κ2) is 15.8. The van der Waals surface area contributed by atoms with Gasteiger partial charge in [-0.2, -0.15) is 0 Å². The minimum absolute atomic E-state index is 0.156. The van der Waals surface area contributed by atoms with Crippen LogP contribution in [0.4, 0.5) is 0 Å². The maximum atomic E-state index is 10.6. The summed E-state index contributed by atoms with van der Waals surface area (Å²) in [5, 5.41) is 17.4. The van der Waals surface area contributed by atoms with Gasteiger partial charge in [-0.05, 0) is 75.6 Å². The average molecular weight is 421 g/mol. The summed E-state index contributed by atoms with van der Waals surface area (Å²) in [6.45, 7) is 4.07. The Labute approximate surface area is 181 Å². The zero-order chi connectivity index (χ0) is 22.2. The maximum absolute atomic E-state index is 10.6. The number of aryl methyl sites for hydroxylation is 2. The molecule has 0 spiro atoms. The van der Waals surface area contributed by atoms with Gasteiger partial charge < -0.3 is 14.9 Å². The molecule has 170 valence electrons. The summed E-state index contributed by atoms with van der Waals surface area (Å²) in [6.07, 6.45) is 13.0. The van der Waals surface area contributed by atoms with Crippen molar-refractivity contribution in [2.45, 2.75) is 110 Å². The van der Waals surface area contributed by atoms with Crippen molar-refractivity contribution >= 4 is 11.9 Å². The van der Waals surface area contributed by atoms with Gasteiger partial charge in [0.1, 0.15) is 5.75 Å². The highest BCUT2D eigenvalue weighted by Gasteiger charge is 2.07. The Balaban J connectivity index is 2.44. The Hall–Kier alpha value is -2.04.